The zero-order valence-electron chi connectivity index (χ0n) is 16.9. The zero-order valence-corrected chi connectivity index (χ0v) is 17.7. The van der Waals surface area contributed by atoms with Gasteiger partial charge in [0.25, 0.3) is 15.9 Å². The van der Waals surface area contributed by atoms with Gasteiger partial charge in [-0.1, -0.05) is 43.3 Å². The summed E-state index contributed by atoms with van der Waals surface area (Å²) in [6.45, 7) is 2.56. The number of carbonyl (C=O) groups excluding carboxylic acids is 1. The van der Waals surface area contributed by atoms with Crippen LogP contribution in [-0.2, 0) is 10.0 Å². The Balaban J connectivity index is 1.45. The fourth-order valence-corrected chi connectivity index (χ4v) is 4.32. The van der Waals surface area contributed by atoms with Gasteiger partial charge in [0, 0.05) is 18.2 Å². The number of hydrogen-bond donors (Lipinski definition) is 2. The molecule has 0 saturated heterocycles. The first kappa shape index (κ1) is 20.7. The lowest BCUT2D eigenvalue weighted by Gasteiger charge is -2.14. The highest BCUT2D eigenvalue weighted by Gasteiger charge is 2.19. The SMILES string of the molecule is CC(CNC(=O)c1cccc(S(=O)(=O)Nc2ccc3c(c2)OCO3)c1)c1ccccc1. The van der Waals surface area contributed by atoms with Gasteiger partial charge in [0.2, 0.25) is 6.79 Å². The average molecular weight is 439 g/mol. The minimum absolute atomic E-state index is 0.00563. The fraction of sp³-hybridized carbons (Fsp3) is 0.174. The molecule has 0 bridgehead atoms. The van der Waals surface area contributed by atoms with Crippen LogP contribution in [0.15, 0.2) is 77.7 Å². The Morgan fingerprint density at radius 2 is 1.74 bits per heavy atom. The van der Waals surface area contributed by atoms with Gasteiger partial charge in [0.05, 0.1) is 10.6 Å². The molecule has 4 rings (SSSR count). The molecule has 1 aliphatic rings. The maximum atomic E-state index is 12.8. The molecule has 1 aliphatic heterocycles. The maximum Gasteiger partial charge on any atom is 0.261 e. The van der Waals surface area contributed by atoms with Gasteiger partial charge in [-0.25, -0.2) is 8.42 Å². The van der Waals surface area contributed by atoms with Gasteiger partial charge in [-0.3, -0.25) is 9.52 Å². The standard InChI is InChI=1S/C23H22N2O5S/c1-16(17-6-3-2-4-7-17)14-24-23(26)18-8-5-9-20(12-18)31(27,28)25-19-10-11-21-22(13-19)30-15-29-21/h2-13,16,25H,14-15H2,1H3,(H,24,26). The van der Waals surface area contributed by atoms with E-state index in [-0.39, 0.29) is 29.1 Å². The minimum Gasteiger partial charge on any atom is -0.454 e. The summed E-state index contributed by atoms with van der Waals surface area (Å²) >= 11 is 0. The van der Waals surface area contributed by atoms with Crippen LogP contribution in [0.1, 0.15) is 28.8 Å². The average Bonchev–Trinajstić information content (AvgIpc) is 3.25. The Kier molecular flexibility index (Phi) is 5.81. The second kappa shape index (κ2) is 8.69. The summed E-state index contributed by atoms with van der Waals surface area (Å²) in [4.78, 5) is 12.6. The Morgan fingerprint density at radius 1 is 0.968 bits per heavy atom. The van der Waals surface area contributed by atoms with E-state index in [1.54, 1.807) is 30.3 Å². The van der Waals surface area contributed by atoms with Crippen LogP contribution in [0.5, 0.6) is 11.5 Å². The van der Waals surface area contributed by atoms with Crippen molar-refractivity contribution >= 4 is 21.6 Å². The molecule has 8 heteroatoms. The normalized spacial score (nSPS) is 13.5. The Bertz CT molecular complexity index is 1200. The molecule has 0 spiro atoms. The predicted molar refractivity (Wildman–Crippen MR) is 117 cm³/mol. The van der Waals surface area contributed by atoms with E-state index in [1.165, 1.54) is 12.1 Å². The van der Waals surface area contributed by atoms with Crippen molar-refractivity contribution in [2.45, 2.75) is 17.7 Å². The van der Waals surface area contributed by atoms with Crippen LogP contribution in [0, 0.1) is 0 Å². The number of hydrogen-bond acceptors (Lipinski definition) is 5. The molecule has 1 atom stereocenters. The number of benzene rings is 3. The molecule has 0 aliphatic carbocycles. The molecule has 1 heterocycles. The minimum atomic E-state index is -3.89. The van der Waals surface area contributed by atoms with E-state index in [2.05, 4.69) is 10.0 Å². The van der Waals surface area contributed by atoms with Crippen LogP contribution >= 0.6 is 0 Å². The number of amides is 1. The molecule has 1 amide bonds. The van der Waals surface area contributed by atoms with Crippen molar-refractivity contribution in [3.63, 3.8) is 0 Å². The lowest BCUT2D eigenvalue weighted by Crippen LogP contribution is -2.27. The summed E-state index contributed by atoms with van der Waals surface area (Å²) in [6.07, 6.45) is 0. The second-order valence-corrected chi connectivity index (χ2v) is 8.91. The van der Waals surface area contributed by atoms with Crippen LogP contribution in [0.25, 0.3) is 0 Å². The number of carbonyl (C=O) groups is 1. The fourth-order valence-electron chi connectivity index (χ4n) is 3.23. The largest absolute Gasteiger partial charge is 0.454 e. The molecule has 0 radical (unpaired) electrons. The number of fused-ring (bicyclic) bond motifs is 1. The third-order valence-corrected chi connectivity index (χ3v) is 6.35. The van der Waals surface area contributed by atoms with E-state index in [0.29, 0.717) is 23.7 Å². The van der Waals surface area contributed by atoms with Gasteiger partial charge >= 0.3 is 0 Å². The summed E-state index contributed by atoms with van der Waals surface area (Å²) in [7, 11) is -3.89. The molecule has 7 nitrogen and oxygen atoms in total. The van der Waals surface area contributed by atoms with Crippen molar-refractivity contribution in [3.8, 4) is 11.5 Å². The molecular weight excluding hydrogens is 416 g/mol. The third-order valence-electron chi connectivity index (χ3n) is 4.97. The van der Waals surface area contributed by atoms with Gasteiger partial charge in [0.1, 0.15) is 0 Å². The van der Waals surface area contributed by atoms with Crippen LogP contribution in [0.3, 0.4) is 0 Å². The molecule has 1 unspecified atom stereocenters. The molecule has 2 N–H and O–H groups in total. The van der Waals surface area contributed by atoms with Crippen LogP contribution in [-0.4, -0.2) is 27.7 Å². The molecule has 160 valence electrons. The first-order valence-electron chi connectivity index (χ1n) is 9.78. The highest BCUT2D eigenvalue weighted by Crippen LogP contribution is 2.34. The van der Waals surface area contributed by atoms with Crippen molar-refractivity contribution < 1.29 is 22.7 Å². The summed E-state index contributed by atoms with van der Waals surface area (Å²) in [6, 6.07) is 20.6. The molecule has 3 aromatic rings. The van der Waals surface area contributed by atoms with Gasteiger partial charge in [-0.15, -0.1) is 0 Å². The van der Waals surface area contributed by atoms with Gasteiger partial charge in [-0.05, 0) is 41.8 Å². The van der Waals surface area contributed by atoms with Crippen LogP contribution in [0.4, 0.5) is 5.69 Å². The van der Waals surface area contributed by atoms with Crippen molar-refractivity contribution in [1.29, 1.82) is 0 Å². The molecular formula is C23H22N2O5S. The summed E-state index contributed by atoms with van der Waals surface area (Å²) in [5.41, 5.74) is 1.73. The lowest BCUT2D eigenvalue weighted by molar-refractivity contribution is 0.0951. The number of sulfonamides is 1. The Labute approximate surface area is 181 Å². The van der Waals surface area contributed by atoms with Gasteiger partial charge in [-0.2, -0.15) is 0 Å². The highest BCUT2D eigenvalue weighted by atomic mass is 32.2. The zero-order chi connectivity index (χ0) is 21.8. The van der Waals surface area contributed by atoms with Crippen molar-refractivity contribution in [2.24, 2.45) is 0 Å². The first-order valence-corrected chi connectivity index (χ1v) is 11.3. The Hall–Kier alpha value is -3.52. The smallest absolute Gasteiger partial charge is 0.261 e. The number of anilines is 1. The maximum absolute atomic E-state index is 12.8. The topological polar surface area (TPSA) is 93.7 Å². The molecule has 3 aromatic carbocycles. The lowest BCUT2D eigenvalue weighted by atomic mass is 10.0. The molecule has 31 heavy (non-hydrogen) atoms. The van der Waals surface area contributed by atoms with E-state index in [9.17, 15) is 13.2 Å². The summed E-state index contributed by atoms with van der Waals surface area (Å²) in [5, 5.41) is 2.87. The molecule has 0 fully saturated rings. The number of ether oxygens (including phenoxy) is 2. The number of rotatable bonds is 7. The van der Waals surface area contributed by atoms with Gasteiger partial charge in [0.15, 0.2) is 11.5 Å². The summed E-state index contributed by atoms with van der Waals surface area (Å²) < 4.78 is 38.6. The van der Waals surface area contributed by atoms with Crippen molar-refractivity contribution in [3.05, 3.63) is 83.9 Å². The molecule has 0 saturated carbocycles. The highest BCUT2D eigenvalue weighted by molar-refractivity contribution is 7.92. The predicted octanol–water partition coefficient (Wildman–Crippen LogP) is 3.75. The van der Waals surface area contributed by atoms with E-state index < -0.39 is 10.0 Å². The van der Waals surface area contributed by atoms with E-state index in [1.807, 2.05) is 37.3 Å². The van der Waals surface area contributed by atoms with E-state index >= 15 is 0 Å². The monoisotopic (exact) mass is 438 g/mol. The van der Waals surface area contributed by atoms with E-state index in [0.717, 1.165) is 5.56 Å². The van der Waals surface area contributed by atoms with Crippen LogP contribution < -0.4 is 19.5 Å². The van der Waals surface area contributed by atoms with Crippen molar-refractivity contribution in [1.82, 2.24) is 5.32 Å². The number of nitrogens with one attached hydrogen (secondary N) is 2. The third kappa shape index (κ3) is 4.80. The first-order chi connectivity index (χ1) is 14.9. The Morgan fingerprint density at radius 3 is 2.55 bits per heavy atom. The van der Waals surface area contributed by atoms with Crippen molar-refractivity contribution in [2.75, 3.05) is 18.1 Å². The van der Waals surface area contributed by atoms with E-state index in [4.69, 9.17) is 9.47 Å². The molecule has 0 aromatic heterocycles. The summed E-state index contributed by atoms with van der Waals surface area (Å²) in [5.74, 6) is 0.833. The van der Waals surface area contributed by atoms with Crippen LogP contribution in [0.2, 0.25) is 0 Å². The second-order valence-electron chi connectivity index (χ2n) is 7.22. The van der Waals surface area contributed by atoms with Gasteiger partial charge < -0.3 is 14.8 Å². The quantitative estimate of drug-likeness (QED) is 0.586.